The number of hydrogen-bond acceptors (Lipinski definition) is 5. The second kappa shape index (κ2) is 6.88. The summed E-state index contributed by atoms with van der Waals surface area (Å²) in [7, 11) is 3.14. The number of ether oxygens (including phenoxy) is 3. The number of carbonyl (C=O) groups excluding carboxylic acids is 1. The van der Waals surface area contributed by atoms with Gasteiger partial charge in [-0.25, -0.2) is 9.79 Å². The van der Waals surface area contributed by atoms with Crippen LogP contribution in [-0.4, -0.2) is 26.1 Å². The molecule has 0 saturated carbocycles. The zero-order valence-electron chi connectivity index (χ0n) is 13.1. The van der Waals surface area contributed by atoms with Gasteiger partial charge >= 0.3 is 5.97 Å². The molecule has 0 aromatic heterocycles. The lowest BCUT2D eigenvalue weighted by Gasteiger charge is -2.07. The monoisotopic (exact) mass is 387 g/mol. The Labute approximate surface area is 147 Å². The van der Waals surface area contributed by atoms with E-state index in [-0.39, 0.29) is 11.6 Å². The minimum atomic E-state index is -0.505. The maximum absolute atomic E-state index is 12.1. The summed E-state index contributed by atoms with van der Waals surface area (Å²) in [6.07, 6.45) is 1.66. The van der Waals surface area contributed by atoms with Crippen molar-refractivity contribution in [1.29, 1.82) is 0 Å². The highest BCUT2D eigenvalue weighted by Gasteiger charge is 2.26. The molecule has 2 aromatic rings. The Morgan fingerprint density at radius 3 is 2.71 bits per heavy atom. The van der Waals surface area contributed by atoms with Gasteiger partial charge in [-0.2, -0.15) is 0 Å². The number of aliphatic imine (C=N–C) groups is 1. The number of esters is 1. The third-order valence-corrected chi connectivity index (χ3v) is 3.90. The predicted molar refractivity (Wildman–Crippen MR) is 94.3 cm³/mol. The zero-order chi connectivity index (χ0) is 17.1. The summed E-state index contributed by atoms with van der Waals surface area (Å²) in [4.78, 5) is 16.4. The molecular weight excluding hydrogens is 374 g/mol. The van der Waals surface area contributed by atoms with Gasteiger partial charge in [-0.05, 0) is 42.0 Å². The molecule has 3 rings (SSSR count). The maximum Gasteiger partial charge on any atom is 0.363 e. The second-order valence-electron chi connectivity index (χ2n) is 4.96. The molecule has 5 nitrogen and oxygen atoms in total. The van der Waals surface area contributed by atoms with Gasteiger partial charge in [0.25, 0.3) is 0 Å². The molecule has 0 amide bonds. The van der Waals surface area contributed by atoms with Crippen molar-refractivity contribution in [3.8, 4) is 11.5 Å². The lowest BCUT2D eigenvalue weighted by Crippen LogP contribution is -2.07. The second-order valence-corrected chi connectivity index (χ2v) is 5.87. The minimum Gasteiger partial charge on any atom is -0.497 e. The van der Waals surface area contributed by atoms with Crippen molar-refractivity contribution < 1.29 is 19.0 Å². The van der Waals surface area contributed by atoms with Gasteiger partial charge in [-0.3, -0.25) is 0 Å². The molecule has 24 heavy (non-hydrogen) atoms. The molecule has 0 fully saturated rings. The van der Waals surface area contributed by atoms with Crippen molar-refractivity contribution in [3.63, 3.8) is 0 Å². The summed E-state index contributed by atoms with van der Waals surface area (Å²) in [5.74, 6) is 0.989. The van der Waals surface area contributed by atoms with Crippen LogP contribution in [0.5, 0.6) is 11.5 Å². The number of methoxy groups -OCH3 is 2. The summed E-state index contributed by atoms with van der Waals surface area (Å²) in [6, 6.07) is 12.7. The van der Waals surface area contributed by atoms with Crippen LogP contribution in [0, 0.1) is 0 Å². The highest BCUT2D eigenvalue weighted by atomic mass is 79.9. The standard InChI is InChI=1S/C18H14BrNO4/c1-22-13-5-3-4-11(8-13)9-15-18(21)24-17(20-15)14-10-12(19)6-7-16(14)23-2/h3-10H,1-2H3. The lowest BCUT2D eigenvalue weighted by molar-refractivity contribution is -0.129. The van der Waals surface area contributed by atoms with Crippen molar-refractivity contribution in [2.75, 3.05) is 14.2 Å². The number of carbonyl (C=O) groups is 1. The summed E-state index contributed by atoms with van der Waals surface area (Å²) in [6.45, 7) is 0. The average molecular weight is 388 g/mol. The van der Waals surface area contributed by atoms with Crippen LogP contribution in [-0.2, 0) is 9.53 Å². The van der Waals surface area contributed by atoms with Crippen LogP contribution in [0.2, 0.25) is 0 Å². The molecule has 0 bridgehead atoms. The van der Waals surface area contributed by atoms with Gasteiger partial charge in [0.05, 0.1) is 19.8 Å². The van der Waals surface area contributed by atoms with Gasteiger partial charge in [0.15, 0.2) is 5.70 Å². The van der Waals surface area contributed by atoms with E-state index < -0.39 is 5.97 Å². The maximum atomic E-state index is 12.1. The molecule has 0 saturated heterocycles. The van der Waals surface area contributed by atoms with E-state index in [0.717, 1.165) is 10.0 Å². The van der Waals surface area contributed by atoms with Crippen LogP contribution in [0.1, 0.15) is 11.1 Å². The van der Waals surface area contributed by atoms with Crippen LogP contribution >= 0.6 is 15.9 Å². The third kappa shape index (κ3) is 3.33. The van der Waals surface area contributed by atoms with Gasteiger partial charge in [0.2, 0.25) is 5.90 Å². The van der Waals surface area contributed by atoms with E-state index in [9.17, 15) is 4.79 Å². The van der Waals surface area contributed by atoms with Crippen LogP contribution < -0.4 is 9.47 Å². The van der Waals surface area contributed by atoms with Crippen molar-refractivity contribution in [1.82, 2.24) is 0 Å². The Kier molecular flexibility index (Phi) is 4.66. The van der Waals surface area contributed by atoms with E-state index in [1.54, 1.807) is 32.4 Å². The summed E-state index contributed by atoms with van der Waals surface area (Å²) < 4.78 is 16.6. The average Bonchev–Trinajstić information content (AvgIpc) is 2.95. The first-order valence-electron chi connectivity index (χ1n) is 7.11. The van der Waals surface area contributed by atoms with E-state index >= 15 is 0 Å². The molecule has 1 heterocycles. The van der Waals surface area contributed by atoms with E-state index in [0.29, 0.717) is 17.1 Å². The van der Waals surface area contributed by atoms with Crippen molar-refractivity contribution in [2.45, 2.75) is 0 Å². The van der Waals surface area contributed by atoms with Gasteiger partial charge in [0.1, 0.15) is 11.5 Å². The zero-order valence-corrected chi connectivity index (χ0v) is 14.7. The molecule has 0 N–H and O–H groups in total. The molecule has 0 unspecified atom stereocenters. The Balaban J connectivity index is 1.99. The fourth-order valence-electron chi connectivity index (χ4n) is 2.26. The Bertz CT molecular complexity index is 858. The molecule has 0 aliphatic carbocycles. The molecule has 0 atom stereocenters. The van der Waals surface area contributed by atoms with Crippen molar-refractivity contribution in [3.05, 3.63) is 63.8 Å². The smallest absolute Gasteiger partial charge is 0.363 e. The lowest BCUT2D eigenvalue weighted by atomic mass is 10.2. The number of hydrogen-bond donors (Lipinski definition) is 0. The Morgan fingerprint density at radius 1 is 1.12 bits per heavy atom. The van der Waals surface area contributed by atoms with E-state index in [4.69, 9.17) is 14.2 Å². The summed E-state index contributed by atoms with van der Waals surface area (Å²) >= 11 is 3.39. The quantitative estimate of drug-likeness (QED) is 0.591. The van der Waals surface area contributed by atoms with Gasteiger partial charge in [0, 0.05) is 4.47 Å². The summed E-state index contributed by atoms with van der Waals surface area (Å²) in [5.41, 5.74) is 1.63. The summed E-state index contributed by atoms with van der Waals surface area (Å²) in [5, 5.41) is 0. The number of rotatable bonds is 4. The first-order valence-corrected chi connectivity index (χ1v) is 7.90. The van der Waals surface area contributed by atoms with Gasteiger partial charge in [-0.1, -0.05) is 28.1 Å². The first-order chi connectivity index (χ1) is 11.6. The number of halogens is 1. The van der Waals surface area contributed by atoms with Crippen LogP contribution in [0.3, 0.4) is 0 Å². The molecule has 1 aliphatic rings. The van der Waals surface area contributed by atoms with Crippen LogP contribution in [0.4, 0.5) is 0 Å². The molecule has 2 aromatic carbocycles. The minimum absolute atomic E-state index is 0.215. The van der Waals surface area contributed by atoms with E-state index in [2.05, 4.69) is 20.9 Å². The Hall–Kier alpha value is -2.60. The van der Waals surface area contributed by atoms with Crippen molar-refractivity contribution in [2.24, 2.45) is 4.99 Å². The fourth-order valence-corrected chi connectivity index (χ4v) is 2.62. The highest BCUT2D eigenvalue weighted by Crippen LogP contribution is 2.28. The number of benzene rings is 2. The van der Waals surface area contributed by atoms with Crippen LogP contribution in [0.25, 0.3) is 6.08 Å². The fraction of sp³-hybridized carbons (Fsp3) is 0.111. The molecule has 0 spiro atoms. The Morgan fingerprint density at radius 2 is 1.96 bits per heavy atom. The van der Waals surface area contributed by atoms with Crippen molar-refractivity contribution >= 4 is 33.9 Å². The normalized spacial score (nSPS) is 15.2. The van der Waals surface area contributed by atoms with E-state index in [1.165, 1.54) is 0 Å². The van der Waals surface area contributed by atoms with Gasteiger partial charge in [-0.15, -0.1) is 0 Å². The molecule has 1 aliphatic heterocycles. The van der Waals surface area contributed by atoms with Gasteiger partial charge < -0.3 is 14.2 Å². The molecule has 6 heteroatoms. The number of cyclic esters (lactones) is 1. The molecule has 122 valence electrons. The largest absolute Gasteiger partial charge is 0.497 e. The van der Waals surface area contributed by atoms with Crippen LogP contribution in [0.15, 0.2) is 57.6 Å². The highest BCUT2D eigenvalue weighted by molar-refractivity contribution is 9.10. The first kappa shape index (κ1) is 16.3. The SMILES string of the molecule is COc1cccc(C=C2N=C(c3cc(Br)ccc3OC)OC2=O)c1. The molecule has 0 radical (unpaired) electrons. The molecular formula is C18H14BrNO4. The number of nitrogens with zero attached hydrogens (tertiary/aromatic N) is 1. The van der Waals surface area contributed by atoms with E-state index in [1.807, 2.05) is 30.3 Å². The predicted octanol–water partition coefficient (Wildman–Crippen LogP) is 3.81. The third-order valence-electron chi connectivity index (χ3n) is 3.41. The topological polar surface area (TPSA) is 57.1 Å².